The molecule has 0 bridgehead atoms. The van der Waals surface area contributed by atoms with E-state index < -0.39 is 17.4 Å². The molecule has 3 rings (SSSR count). The summed E-state index contributed by atoms with van der Waals surface area (Å²) >= 11 is 1.50. The molecule has 2 amide bonds. The standard InChI is InChI=1S/C30H35FN2O2S/c1-22-14-16-24(17-15-22)20-36-21-28(34)33(19-25-12-8-9-13-26(25)31)27(29(35)32-30(2,3)4)18-23-10-6-5-7-11-23/h5-17,27H,18-21H2,1-4H3,(H,32,35)/t27-/m0/s1. The van der Waals surface area contributed by atoms with Crippen molar-refractivity contribution in [2.24, 2.45) is 0 Å². The molecule has 1 atom stereocenters. The number of nitrogens with one attached hydrogen (secondary N) is 1. The molecule has 0 heterocycles. The zero-order valence-electron chi connectivity index (χ0n) is 21.5. The number of amides is 2. The van der Waals surface area contributed by atoms with Gasteiger partial charge in [-0.3, -0.25) is 9.59 Å². The Morgan fingerprint density at radius 3 is 2.19 bits per heavy atom. The van der Waals surface area contributed by atoms with E-state index in [4.69, 9.17) is 0 Å². The lowest BCUT2D eigenvalue weighted by Gasteiger charge is -2.34. The van der Waals surface area contributed by atoms with Gasteiger partial charge in [0.1, 0.15) is 11.9 Å². The van der Waals surface area contributed by atoms with E-state index in [1.54, 1.807) is 18.2 Å². The first-order valence-corrected chi connectivity index (χ1v) is 13.3. The lowest BCUT2D eigenvalue weighted by atomic mass is 10.0. The molecule has 36 heavy (non-hydrogen) atoms. The van der Waals surface area contributed by atoms with Crippen LogP contribution in [0, 0.1) is 12.7 Å². The molecule has 0 fully saturated rings. The molecule has 190 valence electrons. The maximum absolute atomic E-state index is 14.6. The first-order valence-electron chi connectivity index (χ1n) is 12.1. The third-order valence-corrected chi connectivity index (χ3v) is 6.67. The van der Waals surface area contributed by atoms with Gasteiger partial charge in [0.05, 0.1) is 5.75 Å². The number of rotatable bonds is 10. The zero-order valence-corrected chi connectivity index (χ0v) is 22.3. The molecule has 0 aliphatic rings. The highest BCUT2D eigenvalue weighted by Crippen LogP contribution is 2.20. The highest BCUT2D eigenvalue weighted by molar-refractivity contribution is 7.99. The average molecular weight is 507 g/mol. The maximum atomic E-state index is 14.6. The van der Waals surface area contributed by atoms with Gasteiger partial charge in [-0.25, -0.2) is 4.39 Å². The van der Waals surface area contributed by atoms with Crippen molar-refractivity contribution < 1.29 is 14.0 Å². The molecular weight excluding hydrogens is 471 g/mol. The smallest absolute Gasteiger partial charge is 0.243 e. The zero-order chi connectivity index (χ0) is 26.1. The fourth-order valence-corrected chi connectivity index (χ4v) is 4.71. The SMILES string of the molecule is Cc1ccc(CSCC(=O)N(Cc2ccccc2F)[C@@H](Cc2ccccc2)C(=O)NC(C)(C)C)cc1. The molecule has 4 nitrogen and oxygen atoms in total. The number of halogens is 1. The monoisotopic (exact) mass is 506 g/mol. The number of carbonyl (C=O) groups excluding carboxylic acids is 2. The van der Waals surface area contributed by atoms with Gasteiger partial charge >= 0.3 is 0 Å². The van der Waals surface area contributed by atoms with Crippen LogP contribution in [0.4, 0.5) is 4.39 Å². The van der Waals surface area contributed by atoms with Crippen LogP contribution in [0.15, 0.2) is 78.9 Å². The van der Waals surface area contributed by atoms with Gasteiger partial charge in [0.2, 0.25) is 11.8 Å². The molecule has 3 aromatic carbocycles. The summed E-state index contributed by atoms with van der Waals surface area (Å²) in [5.74, 6) is 0.0327. The molecule has 0 spiro atoms. The third-order valence-electron chi connectivity index (χ3n) is 5.68. The molecular formula is C30H35FN2O2S. The second-order valence-corrected chi connectivity index (χ2v) is 11.0. The molecule has 0 unspecified atom stereocenters. The van der Waals surface area contributed by atoms with E-state index in [-0.39, 0.29) is 24.1 Å². The number of benzene rings is 3. The summed E-state index contributed by atoms with van der Waals surface area (Å²) in [4.78, 5) is 28.6. The minimum absolute atomic E-state index is 0.0195. The van der Waals surface area contributed by atoms with Crippen LogP contribution in [0.1, 0.15) is 43.0 Å². The van der Waals surface area contributed by atoms with E-state index in [2.05, 4.69) is 29.6 Å². The second-order valence-electron chi connectivity index (χ2n) is 10.0. The third kappa shape index (κ3) is 8.52. The summed E-state index contributed by atoms with van der Waals surface area (Å²) in [6.07, 6.45) is 0.339. The van der Waals surface area contributed by atoms with E-state index in [0.717, 1.165) is 11.1 Å². The lowest BCUT2D eigenvalue weighted by Crippen LogP contribution is -2.54. The molecule has 0 saturated carbocycles. The van der Waals surface area contributed by atoms with Crippen molar-refractivity contribution in [2.75, 3.05) is 5.75 Å². The Bertz CT molecular complexity index is 1140. The predicted molar refractivity (Wildman–Crippen MR) is 146 cm³/mol. The van der Waals surface area contributed by atoms with Gasteiger partial charge < -0.3 is 10.2 Å². The van der Waals surface area contributed by atoms with Crippen LogP contribution in [0.5, 0.6) is 0 Å². The van der Waals surface area contributed by atoms with Gasteiger partial charge in [0.15, 0.2) is 0 Å². The van der Waals surface area contributed by atoms with Crippen molar-refractivity contribution in [2.45, 2.75) is 58.0 Å². The van der Waals surface area contributed by atoms with Crippen LogP contribution in [0.25, 0.3) is 0 Å². The van der Waals surface area contributed by atoms with Crippen LogP contribution in [-0.2, 0) is 28.3 Å². The first-order chi connectivity index (χ1) is 17.1. The average Bonchev–Trinajstić information content (AvgIpc) is 2.83. The van der Waals surface area contributed by atoms with Crippen LogP contribution in [0.3, 0.4) is 0 Å². The second kappa shape index (κ2) is 12.7. The molecule has 6 heteroatoms. The van der Waals surface area contributed by atoms with Crippen molar-refractivity contribution in [3.05, 3.63) is 107 Å². The normalized spacial score (nSPS) is 12.1. The minimum atomic E-state index is -0.779. The van der Waals surface area contributed by atoms with E-state index in [9.17, 15) is 14.0 Å². The number of nitrogens with zero attached hydrogens (tertiary/aromatic N) is 1. The molecule has 0 radical (unpaired) electrons. The number of aryl methyl sites for hydroxylation is 1. The number of hydrogen-bond acceptors (Lipinski definition) is 3. The van der Waals surface area contributed by atoms with Crippen molar-refractivity contribution in [3.8, 4) is 0 Å². The number of hydrogen-bond donors (Lipinski definition) is 1. The fraction of sp³-hybridized carbons (Fsp3) is 0.333. The quantitative estimate of drug-likeness (QED) is 0.371. The highest BCUT2D eigenvalue weighted by Gasteiger charge is 2.32. The molecule has 0 aliphatic heterocycles. The lowest BCUT2D eigenvalue weighted by molar-refractivity contribution is -0.140. The topological polar surface area (TPSA) is 49.4 Å². The van der Waals surface area contributed by atoms with Gasteiger partial charge in [-0.15, -0.1) is 11.8 Å². The number of thioether (sulfide) groups is 1. The Kier molecular flexibility index (Phi) is 9.71. The van der Waals surface area contributed by atoms with Gasteiger partial charge in [-0.1, -0.05) is 78.4 Å². The Balaban J connectivity index is 1.87. The Labute approximate surface area is 218 Å². The Morgan fingerprint density at radius 2 is 1.56 bits per heavy atom. The highest BCUT2D eigenvalue weighted by atomic mass is 32.2. The van der Waals surface area contributed by atoms with Crippen LogP contribution in [-0.4, -0.2) is 34.0 Å². The van der Waals surface area contributed by atoms with Gasteiger partial charge in [0, 0.05) is 29.8 Å². The van der Waals surface area contributed by atoms with Crippen molar-refractivity contribution >= 4 is 23.6 Å². The summed E-state index contributed by atoms with van der Waals surface area (Å²) in [5.41, 5.74) is 3.16. The van der Waals surface area contributed by atoms with Crippen LogP contribution >= 0.6 is 11.8 Å². The van der Waals surface area contributed by atoms with E-state index in [0.29, 0.717) is 17.7 Å². The maximum Gasteiger partial charge on any atom is 0.243 e. The molecule has 0 aromatic heterocycles. The predicted octanol–water partition coefficient (Wildman–Crippen LogP) is 5.92. The van der Waals surface area contributed by atoms with Gasteiger partial charge in [0.25, 0.3) is 0 Å². The Morgan fingerprint density at radius 1 is 0.917 bits per heavy atom. The molecule has 3 aromatic rings. The van der Waals surface area contributed by atoms with E-state index >= 15 is 0 Å². The van der Waals surface area contributed by atoms with Gasteiger partial charge in [-0.2, -0.15) is 0 Å². The summed E-state index contributed by atoms with van der Waals surface area (Å²) in [6.45, 7) is 7.78. The summed E-state index contributed by atoms with van der Waals surface area (Å²) in [6, 6.07) is 23.5. The molecule has 0 aliphatic carbocycles. The molecule has 0 saturated heterocycles. The van der Waals surface area contributed by atoms with Crippen molar-refractivity contribution in [1.29, 1.82) is 0 Å². The van der Waals surface area contributed by atoms with Crippen LogP contribution in [0.2, 0.25) is 0 Å². The van der Waals surface area contributed by atoms with Gasteiger partial charge in [-0.05, 0) is 44.9 Å². The minimum Gasteiger partial charge on any atom is -0.350 e. The fourth-order valence-electron chi connectivity index (χ4n) is 3.84. The van der Waals surface area contributed by atoms with E-state index in [1.165, 1.54) is 28.3 Å². The Hall–Kier alpha value is -3.12. The summed E-state index contributed by atoms with van der Waals surface area (Å²) < 4.78 is 14.6. The van der Waals surface area contributed by atoms with Crippen LogP contribution < -0.4 is 5.32 Å². The van der Waals surface area contributed by atoms with Crippen molar-refractivity contribution in [3.63, 3.8) is 0 Å². The number of carbonyl (C=O) groups is 2. The summed E-state index contributed by atoms with van der Waals surface area (Å²) in [5, 5.41) is 3.03. The first kappa shape index (κ1) is 27.5. The molecule has 1 N–H and O–H groups in total. The van der Waals surface area contributed by atoms with E-state index in [1.807, 2.05) is 58.0 Å². The summed E-state index contributed by atoms with van der Waals surface area (Å²) in [7, 11) is 0. The van der Waals surface area contributed by atoms with Crippen molar-refractivity contribution in [1.82, 2.24) is 10.2 Å². The largest absolute Gasteiger partial charge is 0.350 e.